The topological polar surface area (TPSA) is 41.0 Å². The lowest BCUT2D eigenvalue weighted by Gasteiger charge is -2.18. The van der Waals surface area contributed by atoms with Crippen molar-refractivity contribution >= 4 is 11.6 Å². The molecule has 19 heavy (non-hydrogen) atoms. The molecule has 0 saturated heterocycles. The Labute approximate surface area is 112 Å². The van der Waals surface area contributed by atoms with E-state index in [0.29, 0.717) is 12.1 Å². The lowest BCUT2D eigenvalue weighted by molar-refractivity contribution is 0.617. The van der Waals surface area contributed by atoms with E-state index in [1.807, 2.05) is 31.1 Å². The summed E-state index contributed by atoms with van der Waals surface area (Å²) in [4.78, 5) is 10.3. The Bertz CT molecular complexity index is 571. The number of hydrogen-bond acceptors (Lipinski definition) is 4. The number of aryl methyl sites for hydroxylation is 1. The van der Waals surface area contributed by atoms with Gasteiger partial charge in [0, 0.05) is 26.7 Å². The van der Waals surface area contributed by atoms with E-state index in [2.05, 4.69) is 15.3 Å². The monoisotopic (exact) mass is 260 g/mol. The van der Waals surface area contributed by atoms with E-state index >= 15 is 0 Å². The Balaban J connectivity index is 2.15. The quantitative estimate of drug-likeness (QED) is 0.917. The highest BCUT2D eigenvalue weighted by Crippen LogP contribution is 2.16. The highest BCUT2D eigenvalue weighted by molar-refractivity contribution is 5.48. The minimum atomic E-state index is -0.175. The molecular weight excluding hydrogens is 243 g/mol. The summed E-state index contributed by atoms with van der Waals surface area (Å²) in [5, 5.41) is 2.98. The molecule has 0 atom stereocenters. The maximum atomic E-state index is 13.2. The van der Waals surface area contributed by atoms with Crippen molar-refractivity contribution in [3.63, 3.8) is 0 Å². The van der Waals surface area contributed by atoms with Gasteiger partial charge in [-0.3, -0.25) is 0 Å². The number of nitrogens with one attached hydrogen (secondary N) is 1. The highest BCUT2D eigenvalue weighted by atomic mass is 19.1. The molecule has 4 nitrogen and oxygen atoms in total. The van der Waals surface area contributed by atoms with E-state index in [-0.39, 0.29) is 5.82 Å². The number of aromatic nitrogens is 2. The van der Waals surface area contributed by atoms with Crippen LogP contribution in [0.15, 0.2) is 30.6 Å². The third-order valence-corrected chi connectivity index (χ3v) is 2.94. The molecule has 1 aromatic carbocycles. The third kappa shape index (κ3) is 3.19. The van der Waals surface area contributed by atoms with Crippen molar-refractivity contribution in [2.45, 2.75) is 13.5 Å². The second-order valence-corrected chi connectivity index (χ2v) is 4.45. The fourth-order valence-corrected chi connectivity index (χ4v) is 1.85. The molecule has 0 radical (unpaired) electrons. The Morgan fingerprint density at radius 3 is 2.74 bits per heavy atom. The van der Waals surface area contributed by atoms with Crippen LogP contribution in [0.2, 0.25) is 0 Å². The van der Waals surface area contributed by atoms with Crippen LogP contribution in [0.3, 0.4) is 0 Å². The zero-order valence-electron chi connectivity index (χ0n) is 11.3. The summed E-state index contributed by atoms with van der Waals surface area (Å²) >= 11 is 0. The Kier molecular flexibility index (Phi) is 3.94. The van der Waals surface area contributed by atoms with E-state index in [4.69, 9.17) is 0 Å². The number of anilines is 2. The van der Waals surface area contributed by atoms with Crippen molar-refractivity contribution in [1.29, 1.82) is 0 Å². The van der Waals surface area contributed by atoms with Crippen molar-refractivity contribution in [3.05, 3.63) is 47.5 Å². The average molecular weight is 260 g/mol. The van der Waals surface area contributed by atoms with Crippen LogP contribution in [0.5, 0.6) is 0 Å². The molecule has 0 aliphatic heterocycles. The Morgan fingerprint density at radius 2 is 2.05 bits per heavy atom. The van der Waals surface area contributed by atoms with Crippen LogP contribution in [-0.4, -0.2) is 24.1 Å². The summed E-state index contributed by atoms with van der Waals surface area (Å²) in [6.07, 6.45) is 1.52. The maximum Gasteiger partial charge on any atom is 0.134 e. The normalized spacial score (nSPS) is 10.3. The van der Waals surface area contributed by atoms with Gasteiger partial charge in [-0.2, -0.15) is 0 Å². The first kappa shape index (κ1) is 13.3. The van der Waals surface area contributed by atoms with E-state index in [0.717, 1.165) is 17.2 Å². The zero-order chi connectivity index (χ0) is 13.8. The van der Waals surface area contributed by atoms with Gasteiger partial charge in [0.05, 0.1) is 0 Å². The van der Waals surface area contributed by atoms with Gasteiger partial charge in [-0.1, -0.05) is 12.1 Å². The van der Waals surface area contributed by atoms with Crippen molar-refractivity contribution in [2.24, 2.45) is 0 Å². The smallest absolute Gasteiger partial charge is 0.134 e. The van der Waals surface area contributed by atoms with E-state index in [1.165, 1.54) is 12.4 Å². The summed E-state index contributed by atoms with van der Waals surface area (Å²) < 4.78 is 13.2. The molecule has 0 spiro atoms. The molecule has 0 saturated carbocycles. The molecule has 1 heterocycles. The van der Waals surface area contributed by atoms with Gasteiger partial charge in [0.1, 0.15) is 23.8 Å². The van der Waals surface area contributed by atoms with E-state index < -0.39 is 0 Å². The van der Waals surface area contributed by atoms with Crippen LogP contribution in [-0.2, 0) is 6.54 Å². The summed E-state index contributed by atoms with van der Waals surface area (Å²) in [5.41, 5.74) is 1.70. The standard InChI is InChI=1S/C14H17FN4/c1-10-6-11(4-5-12(10)15)8-19(3)14-7-13(16-2)17-9-18-14/h4-7,9H,8H2,1-3H3,(H,16,17,18). The lowest BCUT2D eigenvalue weighted by Crippen LogP contribution is -2.18. The summed E-state index contributed by atoms with van der Waals surface area (Å²) in [6.45, 7) is 2.43. The number of benzene rings is 1. The first-order valence-corrected chi connectivity index (χ1v) is 6.06. The predicted molar refractivity (Wildman–Crippen MR) is 74.8 cm³/mol. The van der Waals surface area contributed by atoms with Crippen molar-refractivity contribution in [3.8, 4) is 0 Å². The van der Waals surface area contributed by atoms with Gasteiger partial charge in [0.2, 0.25) is 0 Å². The molecule has 0 amide bonds. The van der Waals surface area contributed by atoms with E-state index in [1.54, 1.807) is 13.0 Å². The first-order chi connectivity index (χ1) is 9.10. The van der Waals surface area contributed by atoms with Crippen molar-refractivity contribution in [2.75, 3.05) is 24.3 Å². The highest BCUT2D eigenvalue weighted by Gasteiger charge is 2.06. The molecular formula is C14H17FN4. The Morgan fingerprint density at radius 1 is 1.26 bits per heavy atom. The van der Waals surface area contributed by atoms with Crippen LogP contribution in [0.1, 0.15) is 11.1 Å². The van der Waals surface area contributed by atoms with Gasteiger partial charge < -0.3 is 10.2 Å². The molecule has 2 rings (SSSR count). The largest absolute Gasteiger partial charge is 0.373 e. The lowest BCUT2D eigenvalue weighted by atomic mass is 10.1. The van der Waals surface area contributed by atoms with Crippen LogP contribution in [0, 0.1) is 12.7 Å². The van der Waals surface area contributed by atoms with Gasteiger partial charge in [0.15, 0.2) is 0 Å². The number of rotatable bonds is 4. The minimum absolute atomic E-state index is 0.175. The molecule has 0 aliphatic carbocycles. The zero-order valence-corrected chi connectivity index (χ0v) is 11.3. The summed E-state index contributed by atoms with van der Waals surface area (Å²) in [5.74, 6) is 1.42. The van der Waals surface area contributed by atoms with Crippen molar-refractivity contribution in [1.82, 2.24) is 9.97 Å². The maximum absolute atomic E-state index is 13.2. The second-order valence-electron chi connectivity index (χ2n) is 4.45. The molecule has 0 fully saturated rings. The van der Waals surface area contributed by atoms with Crippen LogP contribution in [0.25, 0.3) is 0 Å². The predicted octanol–water partition coefficient (Wildman–Crippen LogP) is 2.60. The number of halogens is 1. The summed E-state index contributed by atoms with van der Waals surface area (Å²) in [6, 6.07) is 7.01. The van der Waals surface area contributed by atoms with Gasteiger partial charge in [-0.05, 0) is 24.1 Å². The average Bonchev–Trinajstić information content (AvgIpc) is 2.43. The molecule has 5 heteroatoms. The fraction of sp³-hybridized carbons (Fsp3) is 0.286. The van der Waals surface area contributed by atoms with Gasteiger partial charge in [-0.15, -0.1) is 0 Å². The molecule has 0 aliphatic rings. The van der Waals surface area contributed by atoms with E-state index in [9.17, 15) is 4.39 Å². The first-order valence-electron chi connectivity index (χ1n) is 6.06. The molecule has 1 N–H and O–H groups in total. The van der Waals surface area contributed by atoms with Crippen molar-refractivity contribution < 1.29 is 4.39 Å². The van der Waals surface area contributed by atoms with Gasteiger partial charge >= 0.3 is 0 Å². The summed E-state index contributed by atoms with van der Waals surface area (Å²) in [7, 11) is 3.76. The second kappa shape index (κ2) is 5.65. The van der Waals surface area contributed by atoms with Crippen LogP contribution >= 0.6 is 0 Å². The van der Waals surface area contributed by atoms with Crippen LogP contribution in [0.4, 0.5) is 16.0 Å². The van der Waals surface area contributed by atoms with Gasteiger partial charge in [-0.25, -0.2) is 14.4 Å². The number of hydrogen-bond donors (Lipinski definition) is 1. The molecule has 0 unspecified atom stereocenters. The molecule has 0 bridgehead atoms. The SMILES string of the molecule is CNc1cc(N(C)Cc2ccc(F)c(C)c2)ncn1. The minimum Gasteiger partial charge on any atom is -0.373 e. The molecule has 2 aromatic rings. The third-order valence-electron chi connectivity index (χ3n) is 2.94. The fourth-order valence-electron chi connectivity index (χ4n) is 1.85. The molecule has 1 aromatic heterocycles. The molecule has 100 valence electrons. The van der Waals surface area contributed by atoms with Crippen LogP contribution < -0.4 is 10.2 Å². The van der Waals surface area contributed by atoms with Gasteiger partial charge in [0.25, 0.3) is 0 Å². The number of nitrogens with zero attached hydrogens (tertiary/aromatic N) is 3. The Hall–Kier alpha value is -2.17.